The van der Waals surface area contributed by atoms with E-state index in [1.54, 1.807) is 4.90 Å². The van der Waals surface area contributed by atoms with Gasteiger partial charge in [-0.15, -0.1) is 6.58 Å². The molecule has 1 aliphatic heterocycles. The van der Waals surface area contributed by atoms with E-state index < -0.39 is 5.60 Å². The smallest absolute Gasteiger partial charge is 0.410 e. The van der Waals surface area contributed by atoms with Crippen LogP contribution in [0.3, 0.4) is 0 Å². The number of amides is 1. The maximum Gasteiger partial charge on any atom is 0.410 e. The number of allylic oxidation sites excluding steroid dienone is 1. The number of rotatable bonds is 5. The predicted molar refractivity (Wildman–Crippen MR) is 80.8 cm³/mol. The van der Waals surface area contributed by atoms with Crippen molar-refractivity contribution in [2.45, 2.75) is 64.6 Å². The zero-order valence-corrected chi connectivity index (χ0v) is 13.4. The Morgan fingerprint density at radius 2 is 1.95 bits per heavy atom. The van der Waals surface area contributed by atoms with Crippen molar-refractivity contribution in [2.24, 2.45) is 0 Å². The zero-order chi connectivity index (χ0) is 15.2. The molecular weight excluding hydrogens is 254 g/mol. The van der Waals surface area contributed by atoms with E-state index in [-0.39, 0.29) is 11.7 Å². The number of nitrogens with zero attached hydrogens (tertiary/aromatic N) is 1. The number of hydrogen-bond acceptors (Lipinski definition) is 3. The Hall–Kier alpha value is -1.03. The number of unbranched alkanes of at least 4 members (excludes halogenated alkanes) is 1. The van der Waals surface area contributed by atoms with E-state index in [0.29, 0.717) is 13.1 Å². The van der Waals surface area contributed by atoms with Gasteiger partial charge >= 0.3 is 6.09 Å². The van der Waals surface area contributed by atoms with Crippen LogP contribution in [0.1, 0.15) is 53.4 Å². The molecule has 0 saturated carbocycles. The van der Waals surface area contributed by atoms with E-state index in [1.807, 2.05) is 26.8 Å². The van der Waals surface area contributed by atoms with Crippen LogP contribution in [0, 0.1) is 0 Å². The van der Waals surface area contributed by atoms with Crippen molar-refractivity contribution in [1.29, 1.82) is 0 Å². The monoisotopic (exact) mass is 283 g/mol. The first-order valence-electron chi connectivity index (χ1n) is 7.48. The highest BCUT2D eigenvalue weighted by atomic mass is 16.6. The van der Waals surface area contributed by atoms with Crippen LogP contribution in [0.2, 0.25) is 0 Å². The lowest BCUT2D eigenvalue weighted by molar-refractivity contribution is -0.0728. The van der Waals surface area contributed by atoms with Gasteiger partial charge in [-0.2, -0.15) is 0 Å². The number of carbonyl (C=O) groups is 1. The van der Waals surface area contributed by atoms with E-state index >= 15 is 0 Å². The van der Waals surface area contributed by atoms with Gasteiger partial charge in [-0.1, -0.05) is 6.08 Å². The number of ether oxygens (including phenoxy) is 2. The van der Waals surface area contributed by atoms with Gasteiger partial charge in [0.25, 0.3) is 0 Å². The molecule has 0 aromatic carbocycles. The van der Waals surface area contributed by atoms with Gasteiger partial charge in [-0.3, -0.25) is 0 Å². The zero-order valence-electron chi connectivity index (χ0n) is 13.4. The maximum atomic E-state index is 12.0. The molecule has 0 atom stereocenters. The van der Waals surface area contributed by atoms with E-state index in [0.717, 1.165) is 32.3 Å². The Kier molecular flexibility index (Phi) is 6.06. The summed E-state index contributed by atoms with van der Waals surface area (Å²) < 4.78 is 11.4. The lowest BCUT2D eigenvalue weighted by atomic mass is 9.93. The van der Waals surface area contributed by atoms with Crippen LogP contribution in [-0.4, -0.2) is 41.9 Å². The fraction of sp³-hybridized carbons (Fsp3) is 0.812. The predicted octanol–water partition coefficient (Wildman–Crippen LogP) is 3.76. The van der Waals surface area contributed by atoms with Crippen LogP contribution >= 0.6 is 0 Å². The summed E-state index contributed by atoms with van der Waals surface area (Å²) >= 11 is 0. The highest BCUT2D eigenvalue weighted by Crippen LogP contribution is 2.27. The minimum atomic E-state index is -0.432. The molecular formula is C16H29NO3. The lowest BCUT2D eigenvalue weighted by Crippen LogP contribution is -2.48. The SMILES string of the molecule is C=CCCCOC1(C)CCN(C(=O)OC(C)(C)C)CC1. The molecule has 0 N–H and O–H groups in total. The second kappa shape index (κ2) is 7.11. The summed E-state index contributed by atoms with van der Waals surface area (Å²) in [6.45, 7) is 13.7. The van der Waals surface area contributed by atoms with Crippen LogP contribution in [0.25, 0.3) is 0 Å². The number of likely N-dealkylation sites (tertiary alicyclic amines) is 1. The van der Waals surface area contributed by atoms with Crippen molar-refractivity contribution in [3.05, 3.63) is 12.7 Å². The van der Waals surface area contributed by atoms with Gasteiger partial charge in [0.1, 0.15) is 5.60 Å². The summed E-state index contributed by atoms with van der Waals surface area (Å²) in [7, 11) is 0. The standard InChI is InChI=1S/C16H29NO3/c1-6-7-8-13-19-16(5)9-11-17(12-10-16)14(18)20-15(2,3)4/h6H,1,7-13H2,2-5H3. The summed E-state index contributed by atoms with van der Waals surface area (Å²) in [6, 6.07) is 0. The van der Waals surface area contributed by atoms with Crippen molar-refractivity contribution in [1.82, 2.24) is 4.90 Å². The van der Waals surface area contributed by atoms with Crippen molar-refractivity contribution in [3.8, 4) is 0 Å². The van der Waals surface area contributed by atoms with Crippen molar-refractivity contribution in [3.63, 3.8) is 0 Å². The number of carbonyl (C=O) groups excluding carboxylic acids is 1. The molecule has 4 heteroatoms. The van der Waals surface area contributed by atoms with Crippen LogP contribution in [0.4, 0.5) is 4.79 Å². The summed E-state index contributed by atoms with van der Waals surface area (Å²) in [5, 5.41) is 0. The molecule has 1 rings (SSSR count). The normalized spacial score (nSPS) is 18.7. The van der Waals surface area contributed by atoms with Gasteiger partial charge in [-0.05, 0) is 53.4 Å². The molecule has 0 aliphatic carbocycles. The number of piperidine rings is 1. The minimum absolute atomic E-state index is 0.111. The molecule has 20 heavy (non-hydrogen) atoms. The first-order chi connectivity index (χ1) is 9.26. The average Bonchev–Trinajstić information content (AvgIpc) is 2.33. The highest BCUT2D eigenvalue weighted by molar-refractivity contribution is 5.68. The highest BCUT2D eigenvalue weighted by Gasteiger charge is 2.34. The van der Waals surface area contributed by atoms with Gasteiger partial charge in [0.2, 0.25) is 0 Å². The second-order valence-electron chi connectivity index (χ2n) is 6.70. The molecule has 0 aromatic heterocycles. The molecule has 1 saturated heterocycles. The Morgan fingerprint density at radius 3 is 2.45 bits per heavy atom. The molecule has 0 spiro atoms. The van der Waals surface area contributed by atoms with Crippen LogP contribution < -0.4 is 0 Å². The second-order valence-corrected chi connectivity index (χ2v) is 6.70. The molecule has 4 nitrogen and oxygen atoms in total. The van der Waals surface area contributed by atoms with Crippen molar-refractivity contribution < 1.29 is 14.3 Å². The fourth-order valence-corrected chi connectivity index (χ4v) is 2.18. The van der Waals surface area contributed by atoms with Gasteiger partial charge < -0.3 is 14.4 Å². The third-order valence-corrected chi connectivity index (χ3v) is 3.48. The van der Waals surface area contributed by atoms with E-state index in [4.69, 9.17) is 9.47 Å². The van der Waals surface area contributed by atoms with Crippen LogP contribution in [0.5, 0.6) is 0 Å². The largest absolute Gasteiger partial charge is 0.444 e. The Morgan fingerprint density at radius 1 is 1.35 bits per heavy atom. The molecule has 1 aliphatic rings. The summed E-state index contributed by atoms with van der Waals surface area (Å²) in [6.07, 6.45) is 5.41. The molecule has 1 amide bonds. The average molecular weight is 283 g/mol. The van der Waals surface area contributed by atoms with Gasteiger partial charge in [0.15, 0.2) is 0 Å². The maximum absolute atomic E-state index is 12.0. The van der Waals surface area contributed by atoms with Crippen molar-refractivity contribution in [2.75, 3.05) is 19.7 Å². The lowest BCUT2D eigenvalue weighted by Gasteiger charge is -2.39. The topological polar surface area (TPSA) is 38.8 Å². The molecule has 116 valence electrons. The van der Waals surface area contributed by atoms with E-state index in [1.165, 1.54) is 0 Å². The molecule has 0 aromatic rings. The first kappa shape index (κ1) is 17.0. The summed E-state index contributed by atoms with van der Waals surface area (Å²) in [5.41, 5.74) is -0.543. The Bertz CT molecular complexity index is 325. The molecule has 1 heterocycles. The molecule has 0 unspecified atom stereocenters. The van der Waals surface area contributed by atoms with E-state index in [9.17, 15) is 4.79 Å². The van der Waals surface area contributed by atoms with Crippen LogP contribution in [0.15, 0.2) is 12.7 Å². The van der Waals surface area contributed by atoms with Gasteiger partial charge in [-0.25, -0.2) is 4.79 Å². The molecule has 1 fully saturated rings. The Labute approximate surface area is 123 Å². The van der Waals surface area contributed by atoms with Crippen LogP contribution in [-0.2, 0) is 9.47 Å². The quantitative estimate of drug-likeness (QED) is 0.569. The third-order valence-electron chi connectivity index (χ3n) is 3.48. The van der Waals surface area contributed by atoms with Crippen molar-refractivity contribution >= 4 is 6.09 Å². The molecule has 0 bridgehead atoms. The van der Waals surface area contributed by atoms with Gasteiger partial charge in [0.05, 0.1) is 5.60 Å². The minimum Gasteiger partial charge on any atom is -0.444 e. The van der Waals surface area contributed by atoms with Gasteiger partial charge in [0, 0.05) is 19.7 Å². The van der Waals surface area contributed by atoms with E-state index in [2.05, 4.69) is 13.5 Å². The summed E-state index contributed by atoms with van der Waals surface area (Å²) in [5.74, 6) is 0. The first-order valence-corrected chi connectivity index (χ1v) is 7.48. The Balaban J connectivity index is 2.34. The fourth-order valence-electron chi connectivity index (χ4n) is 2.18. The summed E-state index contributed by atoms with van der Waals surface area (Å²) in [4.78, 5) is 13.8. The number of hydrogen-bond donors (Lipinski definition) is 0. The molecule has 0 radical (unpaired) electrons. The third kappa shape index (κ3) is 5.95.